The highest BCUT2D eigenvalue weighted by Crippen LogP contribution is 2.35. The number of benzene rings is 1. The topological polar surface area (TPSA) is 73.4 Å². The number of nitrogens with zero attached hydrogens (tertiary/aromatic N) is 4. The maximum absolute atomic E-state index is 13.6. The molecular weight excluding hydrogens is 421 g/mol. The van der Waals surface area contributed by atoms with Crippen LogP contribution >= 0.6 is 0 Å². The zero-order valence-electron chi connectivity index (χ0n) is 17.7. The first kappa shape index (κ1) is 22.1. The lowest BCUT2D eigenvalue weighted by Gasteiger charge is -2.33. The molecule has 7 nitrogen and oxygen atoms in total. The second-order valence-corrected chi connectivity index (χ2v) is 8.21. The second-order valence-electron chi connectivity index (χ2n) is 8.21. The lowest BCUT2D eigenvalue weighted by atomic mass is 10.1. The fraction of sp³-hybridized carbons (Fsp3) is 0.409. The van der Waals surface area contributed by atoms with Crippen molar-refractivity contribution in [3.8, 4) is 0 Å². The van der Waals surface area contributed by atoms with Crippen LogP contribution < -0.4 is 10.6 Å². The van der Waals surface area contributed by atoms with Gasteiger partial charge in [-0.05, 0) is 49.2 Å². The molecule has 1 amide bonds. The standard InChI is InChI=1S/C22H25F3N6O/c1-3-19(32)31-8-4-5-17(13-31)27-20-18(22(23,24)25)10-26-21(29-20)28-16-7-6-14-11-30(2)12-15(14)9-16/h3,6-7,9-10,17H,1,4-5,8,11-13H2,2H3,(H2,26,27,28,29). The van der Waals surface area contributed by atoms with Gasteiger partial charge >= 0.3 is 6.18 Å². The van der Waals surface area contributed by atoms with E-state index in [1.807, 2.05) is 25.2 Å². The maximum Gasteiger partial charge on any atom is 0.421 e. The number of nitrogens with one attached hydrogen (secondary N) is 2. The van der Waals surface area contributed by atoms with E-state index in [2.05, 4.69) is 32.1 Å². The molecule has 0 bridgehead atoms. The molecule has 0 aliphatic carbocycles. The second kappa shape index (κ2) is 8.78. The molecule has 32 heavy (non-hydrogen) atoms. The first-order valence-electron chi connectivity index (χ1n) is 10.4. The van der Waals surface area contributed by atoms with Gasteiger partial charge in [0.25, 0.3) is 0 Å². The van der Waals surface area contributed by atoms with Gasteiger partial charge < -0.3 is 15.5 Å². The van der Waals surface area contributed by atoms with Crippen LogP contribution in [-0.2, 0) is 24.1 Å². The molecule has 10 heteroatoms. The van der Waals surface area contributed by atoms with Gasteiger partial charge in [0.1, 0.15) is 11.4 Å². The van der Waals surface area contributed by atoms with Crippen LogP contribution in [0.3, 0.4) is 0 Å². The van der Waals surface area contributed by atoms with Crippen LogP contribution in [0, 0.1) is 0 Å². The van der Waals surface area contributed by atoms with E-state index in [-0.39, 0.29) is 30.3 Å². The van der Waals surface area contributed by atoms with Crippen molar-refractivity contribution in [3.63, 3.8) is 0 Å². The minimum absolute atomic E-state index is 0.0710. The van der Waals surface area contributed by atoms with Crippen molar-refractivity contribution < 1.29 is 18.0 Å². The van der Waals surface area contributed by atoms with E-state index < -0.39 is 11.7 Å². The van der Waals surface area contributed by atoms with Crippen LogP contribution in [0.5, 0.6) is 0 Å². The quantitative estimate of drug-likeness (QED) is 0.682. The Morgan fingerprint density at radius 2 is 2.06 bits per heavy atom. The fourth-order valence-corrected chi connectivity index (χ4v) is 4.15. The van der Waals surface area contributed by atoms with E-state index in [1.54, 1.807) is 4.90 Å². The molecule has 170 valence electrons. The SMILES string of the molecule is C=CC(=O)N1CCCC(Nc2nc(Nc3ccc4c(c3)CN(C)C4)ncc2C(F)(F)F)C1. The van der Waals surface area contributed by atoms with Gasteiger partial charge in [0.05, 0.1) is 0 Å². The molecule has 0 radical (unpaired) electrons. The normalized spacial score (nSPS) is 18.9. The summed E-state index contributed by atoms with van der Waals surface area (Å²) in [6, 6.07) is 5.48. The highest BCUT2D eigenvalue weighted by Gasteiger charge is 2.36. The van der Waals surface area contributed by atoms with E-state index in [9.17, 15) is 18.0 Å². The molecule has 1 saturated heterocycles. The number of alkyl halides is 3. The number of carbonyl (C=O) groups is 1. The number of anilines is 3. The number of hydrogen-bond donors (Lipinski definition) is 2. The molecule has 0 saturated carbocycles. The van der Waals surface area contributed by atoms with E-state index in [1.165, 1.54) is 11.6 Å². The third-order valence-electron chi connectivity index (χ3n) is 5.69. The first-order valence-corrected chi connectivity index (χ1v) is 10.4. The molecule has 1 unspecified atom stereocenters. The van der Waals surface area contributed by atoms with E-state index in [0.717, 1.165) is 24.8 Å². The first-order chi connectivity index (χ1) is 15.2. The number of likely N-dealkylation sites (tertiary alicyclic amines) is 1. The molecule has 3 heterocycles. The van der Waals surface area contributed by atoms with Gasteiger partial charge in [-0.1, -0.05) is 12.6 Å². The van der Waals surface area contributed by atoms with Gasteiger partial charge in [0.15, 0.2) is 0 Å². The Labute approximate surface area is 184 Å². The molecule has 0 spiro atoms. The Kier molecular flexibility index (Phi) is 6.05. The van der Waals surface area contributed by atoms with Gasteiger partial charge in [-0.2, -0.15) is 18.2 Å². The van der Waals surface area contributed by atoms with Gasteiger partial charge in [-0.15, -0.1) is 0 Å². The smallest absolute Gasteiger partial charge is 0.365 e. The van der Waals surface area contributed by atoms with Crippen LogP contribution in [0.15, 0.2) is 37.1 Å². The number of fused-ring (bicyclic) bond motifs is 1. The summed E-state index contributed by atoms with van der Waals surface area (Å²) < 4.78 is 40.8. The van der Waals surface area contributed by atoms with Gasteiger partial charge in [-0.3, -0.25) is 9.69 Å². The predicted octanol–water partition coefficient (Wildman–Crippen LogP) is 3.77. The van der Waals surface area contributed by atoms with Crippen molar-refractivity contribution in [3.05, 3.63) is 53.7 Å². The van der Waals surface area contributed by atoms with E-state index in [4.69, 9.17) is 0 Å². The Bertz CT molecular complexity index is 1030. The highest BCUT2D eigenvalue weighted by molar-refractivity contribution is 5.87. The van der Waals surface area contributed by atoms with Crippen LogP contribution in [0.1, 0.15) is 29.5 Å². The van der Waals surface area contributed by atoms with E-state index in [0.29, 0.717) is 25.1 Å². The lowest BCUT2D eigenvalue weighted by Crippen LogP contribution is -2.44. The van der Waals surface area contributed by atoms with Crippen molar-refractivity contribution in [2.45, 2.75) is 38.1 Å². The Hall–Kier alpha value is -3.14. The minimum atomic E-state index is -4.61. The molecular formula is C22H25F3N6O. The van der Waals surface area contributed by atoms with Gasteiger partial charge in [-0.25, -0.2) is 4.98 Å². The van der Waals surface area contributed by atoms with Gasteiger partial charge in [0.2, 0.25) is 11.9 Å². The summed E-state index contributed by atoms with van der Waals surface area (Å²) in [5, 5.41) is 5.91. The largest absolute Gasteiger partial charge is 0.421 e. The van der Waals surface area contributed by atoms with Crippen molar-refractivity contribution in [1.82, 2.24) is 19.8 Å². The maximum atomic E-state index is 13.6. The van der Waals surface area contributed by atoms with Crippen LogP contribution in [0.2, 0.25) is 0 Å². The molecule has 2 N–H and O–H groups in total. The number of rotatable bonds is 5. The predicted molar refractivity (Wildman–Crippen MR) is 115 cm³/mol. The molecule has 1 aromatic heterocycles. The molecule has 1 atom stereocenters. The number of halogens is 3. The Morgan fingerprint density at radius 1 is 1.28 bits per heavy atom. The number of carbonyl (C=O) groups excluding carboxylic acids is 1. The van der Waals surface area contributed by atoms with Crippen LogP contribution in [-0.4, -0.2) is 51.9 Å². The zero-order valence-corrected chi connectivity index (χ0v) is 17.7. The fourth-order valence-electron chi connectivity index (χ4n) is 4.15. The average molecular weight is 446 g/mol. The number of piperidine rings is 1. The number of hydrogen-bond acceptors (Lipinski definition) is 6. The zero-order chi connectivity index (χ0) is 22.9. The minimum Gasteiger partial charge on any atom is -0.365 e. The molecule has 1 fully saturated rings. The van der Waals surface area contributed by atoms with Crippen molar-refractivity contribution >= 4 is 23.4 Å². The lowest BCUT2D eigenvalue weighted by molar-refractivity contribution is -0.137. The summed E-state index contributed by atoms with van der Waals surface area (Å²) in [5.74, 6) is -0.463. The molecule has 1 aromatic carbocycles. The molecule has 2 aliphatic heterocycles. The summed E-state index contributed by atoms with van der Waals surface area (Å²) in [6.07, 6.45) is -1.30. The van der Waals surface area contributed by atoms with Crippen molar-refractivity contribution in [1.29, 1.82) is 0 Å². The van der Waals surface area contributed by atoms with E-state index >= 15 is 0 Å². The average Bonchev–Trinajstić information content (AvgIpc) is 3.12. The van der Waals surface area contributed by atoms with Gasteiger partial charge in [0, 0.05) is 44.1 Å². The number of aromatic nitrogens is 2. The summed E-state index contributed by atoms with van der Waals surface area (Å²) in [5.41, 5.74) is 2.16. The summed E-state index contributed by atoms with van der Waals surface area (Å²) in [4.78, 5) is 23.7. The third kappa shape index (κ3) is 4.85. The Balaban J connectivity index is 1.56. The monoisotopic (exact) mass is 446 g/mol. The van der Waals surface area contributed by atoms with Crippen LogP contribution in [0.4, 0.5) is 30.6 Å². The molecule has 2 aromatic rings. The van der Waals surface area contributed by atoms with Crippen LogP contribution in [0.25, 0.3) is 0 Å². The summed E-state index contributed by atoms with van der Waals surface area (Å²) in [7, 11) is 2.03. The summed E-state index contributed by atoms with van der Waals surface area (Å²) >= 11 is 0. The summed E-state index contributed by atoms with van der Waals surface area (Å²) in [6.45, 7) is 6.00. The highest BCUT2D eigenvalue weighted by atomic mass is 19.4. The molecule has 4 rings (SSSR count). The Morgan fingerprint density at radius 3 is 2.81 bits per heavy atom. The van der Waals surface area contributed by atoms with Crippen molar-refractivity contribution in [2.24, 2.45) is 0 Å². The van der Waals surface area contributed by atoms with Crippen molar-refractivity contribution in [2.75, 3.05) is 30.8 Å². The third-order valence-corrected chi connectivity index (χ3v) is 5.69. The number of amides is 1. The molecule has 2 aliphatic rings.